The van der Waals surface area contributed by atoms with Crippen molar-refractivity contribution < 1.29 is 19.0 Å². The van der Waals surface area contributed by atoms with Crippen molar-refractivity contribution >= 4 is 35.3 Å². The van der Waals surface area contributed by atoms with Gasteiger partial charge in [0.2, 0.25) is 11.1 Å². The zero-order valence-electron chi connectivity index (χ0n) is 23.8. The van der Waals surface area contributed by atoms with Gasteiger partial charge in [0.15, 0.2) is 11.5 Å². The first kappa shape index (κ1) is 29.5. The number of methoxy groups -OCH3 is 1. The Labute approximate surface area is 255 Å². The number of halogens is 1. The fourth-order valence-electron chi connectivity index (χ4n) is 4.62. The number of unbranched alkanes of at least 4 members (excludes halogenated alkanes) is 1. The van der Waals surface area contributed by atoms with E-state index >= 15 is 0 Å². The van der Waals surface area contributed by atoms with Crippen LogP contribution in [0.4, 0.5) is 5.95 Å². The summed E-state index contributed by atoms with van der Waals surface area (Å²) in [5.74, 6) is 1.89. The Balaban J connectivity index is 1.47. The van der Waals surface area contributed by atoms with Gasteiger partial charge in [-0.3, -0.25) is 0 Å². The number of allylic oxidation sites excluding steroid dienone is 1. The molecule has 1 unspecified atom stereocenters. The van der Waals surface area contributed by atoms with Gasteiger partial charge in [-0.25, -0.2) is 9.48 Å². The molecule has 0 amide bonds. The third-order valence-electron chi connectivity index (χ3n) is 6.84. The average Bonchev–Trinajstić information content (AvgIpc) is 3.41. The van der Waals surface area contributed by atoms with E-state index < -0.39 is 12.0 Å². The van der Waals surface area contributed by atoms with Gasteiger partial charge in [-0.05, 0) is 48.2 Å². The molecule has 1 aromatic heterocycles. The van der Waals surface area contributed by atoms with Crippen LogP contribution in [-0.4, -0.2) is 34.5 Å². The Morgan fingerprint density at radius 1 is 1.07 bits per heavy atom. The molecule has 4 aromatic rings. The van der Waals surface area contributed by atoms with Crippen molar-refractivity contribution in [1.29, 1.82) is 0 Å². The van der Waals surface area contributed by atoms with E-state index in [-0.39, 0.29) is 0 Å². The summed E-state index contributed by atoms with van der Waals surface area (Å²) in [7, 11) is 1.60. The number of carbonyl (C=O) groups is 1. The molecule has 1 N–H and O–H groups in total. The van der Waals surface area contributed by atoms with Gasteiger partial charge in [0, 0.05) is 16.5 Å². The first-order valence-corrected chi connectivity index (χ1v) is 15.2. The van der Waals surface area contributed by atoms with Gasteiger partial charge < -0.3 is 19.5 Å². The van der Waals surface area contributed by atoms with Gasteiger partial charge in [0.05, 0.1) is 19.3 Å². The summed E-state index contributed by atoms with van der Waals surface area (Å²) in [6.07, 6.45) is 1.71. The summed E-state index contributed by atoms with van der Waals surface area (Å²) in [4.78, 5) is 18.2. The zero-order chi connectivity index (χ0) is 29.5. The van der Waals surface area contributed by atoms with Crippen LogP contribution in [0, 0.1) is 0 Å². The zero-order valence-corrected chi connectivity index (χ0v) is 25.4. The maximum absolute atomic E-state index is 13.5. The lowest BCUT2D eigenvalue weighted by Gasteiger charge is -2.28. The standard InChI is InChI=1S/C32H33ClN4O4S/c1-4-5-17-40-30(38)28-21(2)34-31-35-32(42-20-24-13-9-10-14-25(24)33)36-37(31)29(28)23-15-16-26(27(18-23)39-3)41-19-22-11-7-6-8-12-22/h6-16,18,29H,4-5,17,19-20H2,1-3H3,(H,34,35,36). The van der Waals surface area contributed by atoms with E-state index in [1.54, 1.807) is 11.8 Å². The van der Waals surface area contributed by atoms with Crippen LogP contribution in [0.25, 0.3) is 0 Å². The Bertz CT molecular complexity index is 1570. The summed E-state index contributed by atoms with van der Waals surface area (Å²) >= 11 is 7.84. The van der Waals surface area contributed by atoms with Crippen molar-refractivity contribution in [2.75, 3.05) is 19.0 Å². The summed E-state index contributed by atoms with van der Waals surface area (Å²) in [6.45, 7) is 4.65. The minimum absolute atomic E-state index is 0.345. The SMILES string of the molecule is CCCCOC(=O)C1=C(C)Nc2nc(SCc3ccccc3Cl)nn2C1c1ccc(OCc2ccccc2)c(OC)c1. The minimum atomic E-state index is -0.588. The molecule has 8 nitrogen and oxygen atoms in total. The highest BCUT2D eigenvalue weighted by Gasteiger charge is 2.36. The van der Waals surface area contributed by atoms with Gasteiger partial charge in [-0.15, -0.1) is 5.10 Å². The molecule has 10 heteroatoms. The highest BCUT2D eigenvalue weighted by Crippen LogP contribution is 2.40. The lowest BCUT2D eigenvalue weighted by molar-refractivity contribution is -0.139. The molecule has 1 atom stereocenters. The maximum Gasteiger partial charge on any atom is 0.338 e. The number of nitrogens with one attached hydrogen (secondary N) is 1. The molecule has 0 saturated heterocycles. The number of carbonyl (C=O) groups excluding carboxylic acids is 1. The van der Waals surface area contributed by atoms with Crippen LogP contribution < -0.4 is 14.8 Å². The Hall–Kier alpha value is -3.95. The van der Waals surface area contributed by atoms with E-state index in [1.807, 2.05) is 79.7 Å². The molecule has 0 aliphatic carbocycles. The van der Waals surface area contributed by atoms with Crippen molar-refractivity contribution in [2.24, 2.45) is 0 Å². The summed E-state index contributed by atoms with van der Waals surface area (Å²) in [6, 6.07) is 22.7. The Morgan fingerprint density at radius 3 is 2.62 bits per heavy atom. The molecule has 42 heavy (non-hydrogen) atoms. The number of anilines is 1. The first-order chi connectivity index (χ1) is 20.5. The molecule has 0 bridgehead atoms. The maximum atomic E-state index is 13.5. The second-order valence-electron chi connectivity index (χ2n) is 9.78. The topological polar surface area (TPSA) is 87.5 Å². The predicted octanol–water partition coefficient (Wildman–Crippen LogP) is 7.44. The molecule has 218 valence electrons. The van der Waals surface area contributed by atoms with E-state index in [2.05, 4.69) is 12.2 Å². The number of hydrogen-bond donors (Lipinski definition) is 1. The van der Waals surface area contributed by atoms with Gasteiger partial charge in [0.1, 0.15) is 12.6 Å². The third-order valence-corrected chi connectivity index (χ3v) is 8.09. The van der Waals surface area contributed by atoms with Crippen molar-refractivity contribution in [3.05, 3.63) is 106 Å². The monoisotopic (exact) mass is 604 g/mol. The van der Waals surface area contributed by atoms with Crippen LogP contribution in [0.2, 0.25) is 5.02 Å². The van der Waals surface area contributed by atoms with E-state index in [4.69, 9.17) is 35.9 Å². The molecule has 1 aliphatic rings. The molecule has 5 rings (SSSR count). The van der Waals surface area contributed by atoms with Crippen LogP contribution in [0.1, 0.15) is 49.4 Å². The van der Waals surface area contributed by atoms with Crippen LogP contribution >= 0.6 is 23.4 Å². The number of fused-ring (bicyclic) bond motifs is 1. The van der Waals surface area contributed by atoms with Crippen molar-refractivity contribution in [3.8, 4) is 11.5 Å². The van der Waals surface area contributed by atoms with Crippen molar-refractivity contribution in [3.63, 3.8) is 0 Å². The summed E-state index contributed by atoms with van der Waals surface area (Å²) in [5, 5.41) is 9.34. The lowest BCUT2D eigenvalue weighted by Crippen LogP contribution is -2.29. The van der Waals surface area contributed by atoms with Crippen molar-refractivity contribution in [1.82, 2.24) is 14.8 Å². The number of ether oxygens (including phenoxy) is 3. The Morgan fingerprint density at radius 2 is 1.86 bits per heavy atom. The molecule has 2 heterocycles. The van der Waals surface area contributed by atoms with Crippen molar-refractivity contribution in [2.45, 2.75) is 50.2 Å². The van der Waals surface area contributed by atoms with Crippen LogP contribution in [-0.2, 0) is 21.9 Å². The molecule has 1 aliphatic heterocycles. The first-order valence-electron chi connectivity index (χ1n) is 13.8. The number of thioether (sulfide) groups is 1. The fraction of sp³-hybridized carbons (Fsp3) is 0.281. The summed E-state index contributed by atoms with van der Waals surface area (Å²) < 4.78 is 19.2. The van der Waals surface area contributed by atoms with Crippen LogP contribution in [0.3, 0.4) is 0 Å². The molecule has 0 fully saturated rings. The van der Waals surface area contributed by atoms with Gasteiger partial charge >= 0.3 is 5.97 Å². The molecule has 0 saturated carbocycles. The normalized spacial score (nSPS) is 14.2. The largest absolute Gasteiger partial charge is 0.493 e. The van der Waals surface area contributed by atoms with Crippen LogP contribution in [0.5, 0.6) is 11.5 Å². The average molecular weight is 605 g/mol. The number of aromatic nitrogens is 3. The number of benzene rings is 3. The predicted molar refractivity (Wildman–Crippen MR) is 165 cm³/mol. The number of nitrogens with zero attached hydrogens (tertiary/aromatic N) is 3. The smallest absolute Gasteiger partial charge is 0.338 e. The van der Waals surface area contributed by atoms with E-state index in [1.165, 1.54) is 11.8 Å². The Kier molecular flexibility index (Phi) is 9.71. The third kappa shape index (κ3) is 6.74. The van der Waals surface area contributed by atoms with Gasteiger partial charge in [-0.2, -0.15) is 4.98 Å². The van der Waals surface area contributed by atoms with E-state index in [9.17, 15) is 4.79 Å². The second kappa shape index (κ2) is 13.8. The fourth-order valence-corrected chi connectivity index (χ4v) is 5.73. The minimum Gasteiger partial charge on any atom is -0.493 e. The van der Waals surface area contributed by atoms with Gasteiger partial charge in [-0.1, -0.05) is 91.3 Å². The number of rotatable bonds is 12. The lowest BCUT2D eigenvalue weighted by atomic mass is 9.95. The molecule has 0 radical (unpaired) electrons. The summed E-state index contributed by atoms with van der Waals surface area (Å²) in [5.41, 5.74) is 3.95. The highest BCUT2D eigenvalue weighted by molar-refractivity contribution is 7.98. The molecular weight excluding hydrogens is 572 g/mol. The number of esters is 1. The van der Waals surface area contributed by atoms with Crippen LogP contribution in [0.15, 0.2) is 89.2 Å². The second-order valence-corrected chi connectivity index (χ2v) is 11.1. The quantitative estimate of drug-likeness (QED) is 0.101. The molecular formula is C32H33ClN4O4S. The molecule has 0 spiro atoms. The van der Waals surface area contributed by atoms with Gasteiger partial charge in [0.25, 0.3) is 0 Å². The molecule has 3 aromatic carbocycles. The highest BCUT2D eigenvalue weighted by atomic mass is 35.5. The van der Waals surface area contributed by atoms with E-state index in [0.29, 0.717) is 57.9 Å². The number of hydrogen-bond acceptors (Lipinski definition) is 8. The van der Waals surface area contributed by atoms with E-state index in [0.717, 1.165) is 29.5 Å².